The Hall–Kier alpha value is -1.30. The molecule has 1 N–H and O–H groups in total. The lowest BCUT2D eigenvalue weighted by atomic mass is 10.1. The molecule has 0 aliphatic rings. The Morgan fingerprint density at radius 2 is 1.95 bits per heavy atom. The first-order valence-electron chi connectivity index (χ1n) is 7.43. The molecule has 1 heterocycles. The van der Waals surface area contributed by atoms with Crippen LogP contribution in [0.25, 0.3) is 0 Å². The predicted molar refractivity (Wildman–Crippen MR) is 86.4 cm³/mol. The van der Waals surface area contributed by atoms with Crippen LogP contribution in [-0.4, -0.2) is 22.8 Å². The van der Waals surface area contributed by atoms with Gasteiger partial charge in [0.25, 0.3) is 0 Å². The van der Waals surface area contributed by atoms with E-state index in [1.54, 1.807) is 11.3 Å². The van der Waals surface area contributed by atoms with Gasteiger partial charge >= 0.3 is 0 Å². The monoisotopic (exact) mass is 305 g/mol. The highest BCUT2D eigenvalue weighted by Crippen LogP contribution is 2.25. The van der Waals surface area contributed by atoms with E-state index in [2.05, 4.69) is 46.7 Å². The second-order valence-electron chi connectivity index (χ2n) is 5.19. The Kier molecular flexibility index (Phi) is 6.29. The molecule has 1 aromatic carbocycles. The molecule has 0 aliphatic heterocycles. The summed E-state index contributed by atoms with van der Waals surface area (Å²) in [6, 6.07) is 10.5. The Morgan fingerprint density at radius 1 is 1.19 bits per heavy atom. The van der Waals surface area contributed by atoms with Crippen molar-refractivity contribution in [1.29, 1.82) is 0 Å². The van der Waals surface area contributed by atoms with Crippen LogP contribution < -0.4 is 5.32 Å². The smallest absolute Gasteiger partial charge is 0.143 e. The predicted octanol–water partition coefficient (Wildman–Crippen LogP) is 3.55. The van der Waals surface area contributed by atoms with E-state index in [-0.39, 0.29) is 12.1 Å². The Balaban J connectivity index is 2.13. The number of ether oxygens (including phenoxy) is 1. The summed E-state index contributed by atoms with van der Waals surface area (Å²) in [5.41, 5.74) is 1.22. The third-order valence-corrected chi connectivity index (χ3v) is 3.96. The van der Waals surface area contributed by atoms with Gasteiger partial charge in [0.15, 0.2) is 0 Å². The Labute approximate surface area is 130 Å². The topological polar surface area (TPSA) is 47.0 Å². The van der Waals surface area contributed by atoms with Gasteiger partial charge in [-0.3, -0.25) is 0 Å². The molecule has 21 heavy (non-hydrogen) atoms. The van der Waals surface area contributed by atoms with E-state index in [0.717, 1.165) is 23.0 Å². The van der Waals surface area contributed by atoms with Crippen molar-refractivity contribution in [2.24, 2.45) is 0 Å². The van der Waals surface area contributed by atoms with Gasteiger partial charge < -0.3 is 10.1 Å². The van der Waals surface area contributed by atoms with Crippen LogP contribution in [0.2, 0.25) is 0 Å². The van der Waals surface area contributed by atoms with Crippen molar-refractivity contribution in [3.05, 3.63) is 45.9 Å². The van der Waals surface area contributed by atoms with E-state index in [1.807, 2.05) is 19.9 Å². The van der Waals surface area contributed by atoms with Gasteiger partial charge in [0.1, 0.15) is 16.6 Å². The van der Waals surface area contributed by atoms with Crippen LogP contribution in [0.4, 0.5) is 0 Å². The van der Waals surface area contributed by atoms with E-state index in [9.17, 15) is 0 Å². The van der Waals surface area contributed by atoms with Crippen LogP contribution in [0.3, 0.4) is 0 Å². The van der Waals surface area contributed by atoms with Crippen LogP contribution in [0.15, 0.2) is 30.3 Å². The Bertz CT molecular complexity index is 527. The maximum absolute atomic E-state index is 5.60. The van der Waals surface area contributed by atoms with E-state index in [0.29, 0.717) is 6.61 Å². The summed E-state index contributed by atoms with van der Waals surface area (Å²) < 4.78 is 5.60. The van der Waals surface area contributed by atoms with Crippen molar-refractivity contribution in [2.45, 2.75) is 45.9 Å². The molecule has 0 aliphatic carbocycles. The normalized spacial score (nSPS) is 12.8. The molecule has 1 atom stereocenters. The van der Waals surface area contributed by atoms with Crippen molar-refractivity contribution in [3.8, 4) is 0 Å². The zero-order chi connectivity index (χ0) is 15.1. The second kappa shape index (κ2) is 8.22. The van der Waals surface area contributed by atoms with Crippen molar-refractivity contribution < 1.29 is 4.74 Å². The highest BCUT2D eigenvalue weighted by molar-refractivity contribution is 7.11. The maximum atomic E-state index is 5.60. The fraction of sp³-hybridized carbons (Fsp3) is 0.500. The van der Waals surface area contributed by atoms with Crippen molar-refractivity contribution in [1.82, 2.24) is 15.5 Å². The molecule has 0 saturated heterocycles. The second-order valence-corrected chi connectivity index (χ2v) is 6.29. The number of hydrogen-bond donors (Lipinski definition) is 1. The lowest BCUT2D eigenvalue weighted by Crippen LogP contribution is -2.23. The van der Waals surface area contributed by atoms with Gasteiger partial charge in [-0.05, 0) is 32.4 Å². The fourth-order valence-electron chi connectivity index (χ4n) is 1.96. The minimum Gasteiger partial charge on any atom is -0.372 e. The summed E-state index contributed by atoms with van der Waals surface area (Å²) in [4.78, 5) is 0. The number of nitrogens with zero attached hydrogens (tertiary/aromatic N) is 2. The van der Waals surface area contributed by atoms with Crippen LogP contribution in [0, 0.1) is 0 Å². The van der Waals surface area contributed by atoms with E-state index in [4.69, 9.17) is 4.74 Å². The molecule has 0 amide bonds. The molecule has 4 nitrogen and oxygen atoms in total. The summed E-state index contributed by atoms with van der Waals surface area (Å²) >= 11 is 1.62. The number of nitrogens with one attached hydrogen (secondary N) is 1. The van der Waals surface area contributed by atoms with Gasteiger partial charge in [-0.15, -0.1) is 10.2 Å². The molecule has 0 radical (unpaired) electrons. The lowest BCUT2D eigenvalue weighted by molar-refractivity contribution is 0.0652. The molecular weight excluding hydrogens is 282 g/mol. The minimum atomic E-state index is 0.108. The van der Waals surface area contributed by atoms with Crippen LogP contribution >= 0.6 is 11.3 Å². The number of benzene rings is 1. The Morgan fingerprint density at radius 3 is 2.62 bits per heavy atom. The van der Waals surface area contributed by atoms with Gasteiger partial charge in [0, 0.05) is 0 Å². The van der Waals surface area contributed by atoms with E-state index in [1.165, 1.54) is 5.56 Å². The van der Waals surface area contributed by atoms with Gasteiger partial charge in [0.05, 0.1) is 12.1 Å². The summed E-state index contributed by atoms with van der Waals surface area (Å²) in [6.07, 6.45) is 1.30. The van der Waals surface area contributed by atoms with Crippen LogP contribution in [-0.2, 0) is 11.3 Å². The number of rotatable bonds is 8. The average molecular weight is 305 g/mol. The first kappa shape index (κ1) is 16.1. The van der Waals surface area contributed by atoms with Gasteiger partial charge in [-0.2, -0.15) is 0 Å². The first-order valence-corrected chi connectivity index (χ1v) is 8.24. The molecule has 0 fully saturated rings. The van der Waals surface area contributed by atoms with Crippen molar-refractivity contribution >= 4 is 11.3 Å². The first-order chi connectivity index (χ1) is 10.2. The number of aromatic nitrogens is 2. The lowest BCUT2D eigenvalue weighted by Gasteiger charge is -2.15. The SMILES string of the molecule is CCCNC(c1ccccc1)c1nnc(COC(C)C)s1. The molecular formula is C16H23N3OS. The van der Waals surface area contributed by atoms with Crippen molar-refractivity contribution in [3.63, 3.8) is 0 Å². The van der Waals surface area contributed by atoms with E-state index < -0.39 is 0 Å². The van der Waals surface area contributed by atoms with E-state index >= 15 is 0 Å². The molecule has 1 unspecified atom stereocenters. The zero-order valence-corrected chi connectivity index (χ0v) is 13.7. The third kappa shape index (κ3) is 4.88. The summed E-state index contributed by atoms with van der Waals surface area (Å²) in [6.45, 7) is 7.70. The fourth-order valence-corrected chi connectivity index (χ4v) is 2.83. The molecule has 1 aromatic heterocycles. The minimum absolute atomic E-state index is 0.108. The summed E-state index contributed by atoms with van der Waals surface area (Å²) in [7, 11) is 0. The molecule has 2 aromatic rings. The molecule has 0 spiro atoms. The molecule has 0 saturated carbocycles. The molecule has 2 rings (SSSR count). The average Bonchev–Trinajstić information content (AvgIpc) is 2.95. The van der Waals surface area contributed by atoms with Gasteiger partial charge in [0.2, 0.25) is 0 Å². The molecule has 114 valence electrons. The van der Waals surface area contributed by atoms with Crippen LogP contribution in [0.5, 0.6) is 0 Å². The maximum Gasteiger partial charge on any atom is 0.143 e. The van der Waals surface area contributed by atoms with Gasteiger partial charge in [-0.1, -0.05) is 48.6 Å². The molecule has 0 bridgehead atoms. The van der Waals surface area contributed by atoms with Gasteiger partial charge in [-0.25, -0.2) is 0 Å². The summed E-state index contributed by atoms with van der Waals surface area (Å²) in [5, 5.41) is 14.1. The summed E-state index contributed by atoms with van der Waals surface area (Å²) in [5.74, 6) is 0. The standard InChI is InChI=1S/C16H23N3OS/c1-4-10-17-15(13-8-6-5-7-9-13)16-19-18-14(21-16)11-20-12(2)3/h5-9,12,15,17H,4,10-11H2,1-3H3. The van der Waals surface area contributed by atoms with Crippen molar-refractivity contribution in [2.75, 3.05) is 6.54 Å². The highest BCUT2D eigenvalue weighted by Gasteiger charge is 2.18. The molecule has 5 heteroatoms. The largest absolute Gasteiger partial charge is 0.372 e. The third-order valence-electron chi connectivity index (χ3n) is 3.00. The van der Waals surface area contributed by atoms with Crippen LogP contribution in [0.1, 0.15) is 48.8 Å². The number of hydrogen-bond acceptors (Lipinski definition) is 5. The zero-order valence-electron chi connectivity index (χ0n) is 12.9. The highest BCUT2D eigenvalue weighted by atomic mass is 32.1. The quantitative estimate of drug-likeness (QED) is 0.810.